The molecule has 6 heteroatoms. The Morgan fingerprint density at radius 2 is 1.84 bits per heavy atom. The lowest BCUT2D eigenvalue weighted by Gasteiger charge is -2.07. The molecule has 1 heterocycles. The molecule has 1 aromatic heterocycles. The molecule has 0 saturated heterocycles. The Bertz CT molecular complexity index is 875. The third-order valence-corrected chi connectivity index (χ3v) is 4.53. The number of benzene rings is 2. The Kier molecular flexibility index (Phi) is 5.40. The van der Waals surface area contributed by atoms with Crippen molar-refractivity contribution in [2.75, 3.05) is 5.75 Å². The number of Topliss-reactive ketones (excluding diaryl/α,β-unsaturated/α-hetero) is 1. The fraction of sp³-hybridized carbons (Fsp3) is 0.105. The number of hydrogen-bond acceptors (Lipinski definition) is 4. The summed E-state index contributed by atoms with van der Waals surface area (Å²) in [5, 5.41) is 9.01. The molecular weight excluding hydrogens is 337 g/mol. The van der Waals surface area contributed by atoms with Gasteiger partial charge in [-0.1, -0.05) is 48.2 Å². The van der Waals surface area contributed by atoms with Crippen LogP contribution in [0, 0.1) is 5.82 Å². The minimum atomic E-state index is -0.304. The second kappa shape index (κ2) is 7.90. The molecule has 0 N–H and O–H groups in total. The van der Waals surface area contributed by atoms with E-state index < -0.39 is 0 Å². The Morgan fingerprint density at radius 1 is 1.12 bits per heavy atom. The maximum absolute atomic E-state index is 13.1. The number of carbonyl (C=O) groups is 1. The van der Waals surface area contributed by atoms with E-state index in [-0.39, 0.29) is 17.4 Å². The summed E-state index contributed by atoms with van der Waals surface area (Å²) in [5.74, 6) is 0.612. The summed E-state index contributed by atoms with van der Waals surface area (Å²) in [6.07, 6.45) is 1.74. The number of aromatic nitrogens is 3. The first-order valence-electron chi connectivity index (χ1n) is 7.70. The molecule has 0 amide bonds. The zero-order valence-corrected chi connectivity index (χ0v) is 14.2. The maximum atomic E-state index is 13.1. The summed E-state index contributed by atoms with van der Waals surface area (Å²) in [6, 6.07) is 15.2. The first-order valence-corrected chi connectivity index (χ1v) is 8.68. The van der Waals surface area contributed by atoms with Gasteiger partial charge in [0.25, 0.3) is 0 Å². The van der Waals surface area contributed by atoms with E-state index in [9.17, 15) is 9.18 Å². The summed E-state index contributed by atoms with van der Waals surface area (Å²) < 4.78 is 15.0. The van der Waals surface area contributed by atoms with E-state index in [1.165, 1.54) is 23.9 Å². The Balaban J connectivity index is 1.81. The van der Waals surface area contributed by atoms with Gasteiger partial charge in [-0.3, -0.25) is 9.36 Å². The maximum Gasteiger partial charge on any atom is 0.192 e. The zero-order valence-electron chi connectivity index (χ0n) is 13.4. The van der Waals surface area contributed by atoms with Crippen molar-refractivity contribution in [3.8, 4) is 11.4 Å². The van der Waals surface area contributed by atoms with Crippen LogP contribution in [0.5, 0.6) is 0 Å². The molecule has 0 aliphatic rings. The third kappa shape index (κ3) is 4.03. The van der Waals surface area contributed by atoms with Crippen molar-refractivity contribution < 1.29 is 9.18 Å². The minimum Gasteiger partial charge on any atom is -0.298 e. The quantitative estimate of drug-likeness (QED) is 0.362. The predicted octanol–water partition coefficient (Wildman–Crippen LogP) is 4.25. The van der Waals surface area contributed by atoms with Crippen molar-refractivity contribution in [3.05, 3.63) is 78.6 Å². The summed E-state index contributed by atoms with van der Waals surface area (Å²) in [7, 11) is 0. The molecule has 3 rings (SSSR count). The standard InChI is InChI=1S/C19H16FN3OS/c1-2-12-23-18(15-8-10-16(20)11-9-15)21-22-19(23)25-13-17(24)14-6-4-3-5-7-14/h2-11H,1,12-13H2. The predicted molar refractivity (Wildman–Crippen MR) is 97.1 cm³/mol. The van der Waals surface area contributed by atoms with Gasteiger partial charge in [-0.25, -0.2) is 4.39 Å². The minimum absolute atomic E-state index is 0.0297. The smallest absolute Gasteiger partial charge is 0.192 e. The van der Waals surface area contributed by atoms with E-state index in [0.29, 0.717) is 23.1 Å². The highest BCUT2D eigenvalue weighted by Gasteiger charge is 2.15. The second-order valence-electron chi connectivity index (χ2n) is 5.29. The van der Waals surface area contributed by atoms with Crippen molar-refractivity contribution >= 4 is 17.5 Å². The third-order valence-electron chi connectivity index (χ3n) is 3.56. The van der Waals surface area contributed by atoms with Gasteiger partial charge in [0.15, 0.2) is 16.8 Å². The van der Waals surface area contributed by atoms with Gasteiger partial charge in [0, 0.05) is 17.7 Å². The summed E-state index contributed by atoms with van der Waals surface area (Å²) in [5.41, 5.74) is 1.43. The molecule has 0 fully saturated rings. The molecule has 3 aromatic rings. The van der Waals surface area contributed by atoms with Crippen molar-refractivity contribution in [3.63, 3.8) is 0 Å². The molecule has 0 aliphatic heterocycles. The lowest BCUT2D eigenvalue weighted by Crippen LogP contribution is -2.05. The fourth-order valence-electron chi connectivity index (χ4n) is 2.34. The molecule has 0 radical (unpaired) electrons. The van der Waals surface area contributed by atoms with E-state index in [0.717, 1.165) is 5.56 Å². The van der Waals surface area contributed by atoms with Crippen LogP contribution < -0.4 is 0 Å². The number of ketones is 1. The number of rotatable bonds is 7. The van der Waals surface area contributed by atoms with Crippen LogP contribution in [0.25, 0.3) is 11.4 Å². The van der Waals surface area contributed by atoms with E-state index >= 15 is 0 Å². The summed E-state index contributed by atoms with van der Waals surface area (Å²) in [6.45, 7) is 4.26. The first-order chi connectivity index (χ1) is 12.2. The molecule has 126 valence electrons. The molecule has 0 aliphatic carbocycles. The number of halogens is 1. The van der Waals surface area contributed by atoms with E-state index in [1.807, 2.05) is 22.8 Å². The largest absolute Gasteiger partial charge is 0.298 e. The van der Waals surface area contributed by atoms with Crippen LogP contribution in [-0.4, -0.2) is 26.3 Å². The lowest BCUT2D eigenvalue weighted by molar-refractivity contribution is 0.102. The summed E-state index contributed by atoms with van der Waals surface area (Å²) in [4.78, 5) is 12.3. The van der Waals surface area contributed by atoms with Gasteiger partial charge >= 0.3 is 0 Å². The zero-order chi connectivity index (χ0) is 17.6. The van der Waals surface area contributed by atoms with Crippen LogP contribution in [0.15, 0.2) is 72.4 Å². The fourth-order valence-corrected chi connectivity index (χ4v) is 3.18. The van der Waals surface area contributed by atoms with Crippen LogP contribution in [0.3, 0.4) is 0 Å². The van der Waals surface area contributed by atoms with Crippen molar-refractivity contribution in [1.82, 2.24) is 14.8 Å². The van der Waals surface area contributed by atoms with Crippen LogP contribution in [0.2, 0.25) is 0 Å². The number of carbonyl (C=O) groups excluding carboxylic acids is 1. The Labute approximate surface area is 149 Å². The topological polar surface area (TPSA) is 47.8 Å². The first kappa shape index (κ1) is 17.1. The van der Waals surface area contributed by atoms with Gasteiger partial charge in [-0.2, -0.15) is 0 Å². The van der Waals surface area contributed by atoms with Gasteiger partial charge in [-0.15, -0.1) is 16.8 Å². The average Bonchev–Trinajstić information content (AvgIpc) is 3.04. The molecule has 4 nitrogen and oxygen atoms in total. The van der Waals surface area contributed by atoms with Crippen molar-refractivity contribution in [1.29, 1.82) is 0 Å². The van der Waals surface area contributed by atoms with Gasteiger partial charge in [0.1, 0.15) is 5.82 Å². The molecule has 0 saturated carbocycles. The van der Waals surface area contributed by atoms with Gasteiger partial charge < -0.3 is 0 Å². The van der Waals surface area contributed by atoms with E-state index in [2.05, 4.69) is 16.8 Å². The van der Waals surface area contributed by atoms with Gasteiger partial charge in [-0.05, 0) is 24.3 Å². The molecule has 0 unspecified atom stereocenters. The molecule has 2 aromatic carbocycles. The number of thioether (sulfide) groups is 1. The highest BCUT2D eigenvalue weighted by molar-refractivity contribution is 7.99. The molecule has 25 heavy (non-hydrogen) atoms. The highest BCUT2D eigenvalue weighted by atomic mass is 32.2. The Hall–Kier alpha value is -2.73. The Morgan fingerprint density at radius 3 is 2.52 bits per heavy atom. The number of hydrogen-bond donors (Lipinski definition) is 0. The van der Waals surface area contributed by atoms with Crippen molar-refractivity contribution in [2.24, 2.45) is 0 Å². The summed E-state index contributed by atoms with van der Waals surface area (Å²) >= 11 is 1.33. The monoisotopic (exact) mass is 353 g/mol. The second-order valence-corrected chi connectivity index (χ2v) is 6.23. The van der Waals surface area contributed by atoms with Crippen LogP contribution >= 0.6 is 11.8 Å². The van der Waals surface area contributed by atoms with E-state index in [1.54, 1.807) is 30.3 Å². The van der Waals surface area contributed by atoms with E-state index in [4.69, 9.17) is 0 Å². The lowest BCUT2D eigenvalue weighted by atomic mass is 10.2. The normalized spacial score (nSPS) is 10.6. The molecule has 0 bridgehead atoms. The molecule has 0 spiro atoms. The molecular formula is C19H16FN3OS. The average molecular weight is 353 g/mol. The molecule has 0 atom stereocenters. The van der Waals surface area contributed by atoms with Crippen LogP contribution in [-0.2, 0) is 6.54 Å². The SMILES string of the molecule is C=CCn1c(SCC(=O)c2ccccc2)nnc1-c1ccc(F)cc1. The number of nitrogens with zero attached hydrogens (tertiary/aromatic N) is 3. The van der Waals surface area contributed by atoms with Crippen molar-refractivity contribution in [2.45, 2.75) is 11.7 Å². The van der Waals surface area contributed by atoms with Gasteiger partial charge in [0.2, 0.25) is 0 Å². The number of allylic oxidation sites excluding steroid dienone is 1. The van der Waals surface area contributed by atoms with Crippen LogP contribution in [0.1, 0.15) is 10.4 Å². The highest BCUT2D eigenvalue weighted by Crippen LogP contribution is 2.25. The van der Waals surface area contributed by atoms with Gasteiger partial charge in [0.05, 0.1) is 5.75 Å². The van der Waals surface area contributed by atoms with Crippen LogP contribution in [0.4, 0.5) is 4.39 Å².